The van der Waals surface area contributed by atoms with Gasteiger partial charge in [0.1, 0.15) is 6.61 Å². The van der Waals surface area contributed by atoms with Gasteiger partial charge in [-0.2, -0.15) is 0 Å². The summed E-state index contributed by atoms with van der Waals surface area (Å²) < 4.78 is 42.7. The second kappa shape index (κ2) is 11.4. The molecule has 0 bridgehead atoms. The summed E-state index contributed by atoms with van der Waals surface area (Å²) in [7, 11) is 1.25. The Kier molecular flexibility index (Phi) is 8.02. The molecule has 0 unspecified atom stereocenters. The fraction of sp³-hybridized carbons (Fsp3) is 0.424. The number of carbonyl (C=O) groups is 1. The lowest BCUT2D eigenvalue weighted by Crippen LogP contribution is -2.49. The molecule has 0 saturated carbocycles. The topological polar surface area (TPSA) is 85.4 Å². The van der Waals surface area contributed by atoms with Crippen LogP contribution in [0.25, 0.3) is 11.1 Å². The number of amides is 1. The molecule has 0 N–H and O–H groups in total. The van der Waals surface area contributed by atoms with Crippen molar-refractivity contribution in [1.82, 2.24) is 4.90 Å². The van der Waals surface area contributed by atoms with E-state index in [1.165, 1.54) is 22.3 Å². The molecule has 2 fully saturated rings. The molecular formula is C33H38BClN2O6S. The smallest absolute Gasteiger partial charge is 0.448 e. The summed E-state index contributed by atoms with van der Waals surface area (Å²) in [6.45, 7) is 12.2. The van der Waals surface area contributed by atoms with E-state index in [0.29, 0.717) is 31.7 Å². The number of carbonyl (C=O) groups excluding carboxylic acids is 1. The zero-order valence-corrected chi connectivity index (χ0v) is 27.4. The van der Waals surface area contributed by atoms with Crippen LogP contribution >= 0.6 is 10.7 Å². The summed E-state index contributed by atoms with van der Waals surface area (Å²) in [4.78, 5) is 17.1. The molecule has 3 aromatic carbocycles. The standard InChI is InChI=1S/C33H38BClN2O6S/c1-22-23(21-44(35,39)40)18-24(34-42-32(2,3)33(4,5)43-34)19-30(22)36-14-16-37(17-15-36)31(38)41-20-29-27-12-8-6-10-25(27)26-11-7-9-13-28(26)29/h6-13,18-19,29H,14-17,20-21H2,1-5H3. The van der Waals surface area contributed by atoms with Crippen LogP contribution in [-0.4, -0.2) is 70.5 Å². The molecule has 1 amide bonds. The van der Waals surface area contributed by atoms with E-state index in [4.69, 9.17) is 24.7 Å². The third-order valence-electron chi connectivity index (χ3n) is 9.58. The highest BCUT2D eigenvalue weighted by Gasteiger charge is 2.52. The van der Waals surface area contributed by atoms with Crippen molar-refractivity contribution in [3.05, 3.63) is 82.9 Å². The second-order valence-corrected chi connectivity index (χ2v) is 15.7. The minimum atomic E-state index is -3.80. The van der Waals surface area contributed by atoms with E-state index < -0.39 is 27.4 Å². The Morgan fingerprint density at radius 2 is 1.48 bits per heavy atom. The van der Waals surface area contributed by atoms with Gasteiger partial charge in [0.15, 0.2) is 0 Å². The molecule has 2 saturated heterocycles. The maximum absolute atomic E-state index is 13.2. The van der Waals surface area contributed by atoms with Gasteiger partial charge in [-0.3, -0.25) is 0 Å². The van der Waals surface area contributed by atoms with Gasteiger partial charge in [-0.15, -0.1) is 0 Å². The predicted molar refractivity (Wildman–Crippen MR) is 174 cm³/mol. The van der Waals surface area contributed by atoms with Crippen LogP contribution in [0.3, 0.4) is 0 Å². The molecule has 11 heteroatoms. The fourth-order valence-electron chi connectivity index (χ4n) is 6.38. The predicted octanol–water partition coefficient (Wildman–Crippen LogP) is 5.43. The van der Waals surface area contributed by atoms with Gasteiger partial charge in [-0.25, -0.2) is 13.2 Å². The van der Waals surface area contributed by atoms with Gasteiger partial charge in [0.05, 0.1) is 17.0 Å². The molecule has 0 radical (unpaired) electrons. The number of benzene rings is 3. The van der Waals surface area contributed by atoms with E-state index >= 15 is 0 Å². The highest BCUT2D eigenvalue weighted by molar-refractivity contribution is 8.13. The number of rotatable bonds is 6. The van der Waals surface area contributed by atoms with Crippen LogP contribution in [0.1, 0.15) is 55.9 Å². The van der Waals surface area contributed by atoms with E-state index in [1.807, 2.05) is 71.0 Å². The summed E-state index contributed by atoms with van der Waals surface area (Å²) in [6.07, 6.45) is -0.330. The first-order valence-corrected chi connectivity index (χ1v) is 17.5. The van der Waals surface area contributed by atoms with Gasteiger partial charge >= 0.3 is 13.2 Å². The maximum atomic E-state index is 13.2. The first kappa shape index (κ1) is 31.0. The summed E-state index contributed by atoms with van der Waals surface area (Å²) >= 11 is 0. The molecule has 0 atom stereocenters. The van der Waals surface area contributed by atoms with Crippen molar-refractivity contribution in [1.29, 1.82) is 0 Å². The Labute approximate surface area is 264 Å². The molecule has 1 aliphatic carbocycles. The SMILES string of the molecule is Cc1c(CS(=O)(=O)Cl)cc(B2OC(C)(C)C(C)(C)O2)cc1N1CCN(C(=O)OCC2c3ccccc3-c3ccccc32)CC1. The molecule has 6 rings (SSSR count). The van der Waals surface area contributed by atoms with Crippen molar-refractivity contribution in [3.63, 3.8) is 0 Å². The zero-order valence-electron chi connectivity index (χ0n) is 25.8. The van der Waals surface area contributed by atoms with Crippen LogP contribution in [0.5, 0.6) is 0 Å². The molecule has 0 spiro atoms. The molecule has 2 aliphatic heterocycles. The number of fused-ring (bicyclic) bond motifs is 3. The van der Waals surface area contributed by atoms with Crippen molar-refractivity contribution in [2.45, 2.75) is 57.5 Å². The Bertz CT molecular complexity index is 1640. The maximum Gasteiger partial charge on any atom is 0.494 e. The highest BCUT2D eigenvalue weighted by atomic mass is 35.7. The van der Waals surface area contributed by atoms with E-state index in [9.17, 15) is 13.2 Å². The quantitative estimate of drug-likeness (QED) is 0.263. The third-order valence-corrected chi connectivity index (χ3v) is 10.6. The van der Waals surface area contributed by atoms with E-state index in [0.717, 1.165) is 16.7 Å². The third kappa shape index (κ3) is 5.85. The van der Waals surface area contributed by atoms with Crippen molar-refractivity contribution >= 4 is 44.1 Å². The number of halogens is 1. The Balaban J connectivity index is 1.16. The van der Waals surface area contributed by atoms with Crippen LogP contribution in [0.2, 0.25) is 0 Å². The monoisotopic (exact) mass is 636 g/mol. The van der Waals surface area contributed by atoms with Gasteiger partial charge in [-0.1, -0.05) is 54.6 Å². The van der Waals surface area contributed by atoms with Gasteiger partial charge in [0.2, 0.25) is 9.05 Å². The van der Waals surface area contributed by atoms with Crippen LogP contribution in [-0.2, 0) is 28.8 Å². The Hall–Kier alpha value is -3.05. The zero-order chi connectivity index (χ0) is 31.4. The number of piperazine rings is 1. The number of hydrogen-bond acceptors (Lipinski definition) is 7. The Morgan fingerprint density at radius 1 is 0.932 bits per heavy atom. The average Bonchev–Trinajstić information content (AvgIpc) is 3.41. The van der Waals surface area contributed by atoms with Crippen molar-refractivity contribution in [2.24, 2.45) is 0 Å². The van der Waals surface area contributed by atoms with Crippen LogP contribution in [0.4, 0.5) is 10.5 Å². The van der Waals surface area contributed by atoms with E-state index in [-0.39, 0.29) is 24.4 Å². The lowest BCUT2D eigenvalue weighted by atomic mass is 9.77. The number of ether oxygens (including phenoxy) is 1. The largest absolute Gasteiger partial charge is 0.494 e. The Morgan fingerprint density at radius 3 is 2.02 bits per heavy atom. The summed E-state index contributed by atoms with van der Waals surface area (Å²) in [5.41, 5.74) is 6.68. The average molecular weight is 637 g/mol. The van der Waals surface area contributed by atoms with Crippen molar-refractivity contribution in [3.8, 4) is 11.1 Å². The number of nitrogens with zero attached hydrogens (tertiary/aromatic N) is 2. The summed E-state index contributed by atoms with van der Waals surface area (Å²) in [5.74, 6) is -0.301. The first-order chi connectivity index (χ1) is 20.7. The molecule has 8 nitrogen and oxygen atoms in total. The number of hydrogen-bond donors (Lipinski definition) is 0. The number of anilines is 1. The first-order valence-electron chi connectivity index (χ1n) is 15.0. The lowest BCUT2D eigenvalue weighted by Gasteiger charge is -2.37. The molecular weight excluding hydrogens is 599 g/mol. The molecule has 44 heavy (non-hydrogen) atoms. The highest BCUT2D eigenvalue weighted by Crippen LogP contribution is 2.44. The minimum absolute atomic E-state index is 0.00430. The van der Waals surface area contributed by atoms with Crippen molar-refractivity contribution < 1.29 is 27.3 Å². The van der Waals surface area contributed by atoms with E-state index in [1.54, 1.807) is 4.90 Å². The van der Waals surface area contributed by atoms with Gasteiger partial charge < -0.3 is 23.8 Å². The molecule has 3 aromatic rings. The van der Waals surface area contributed by atoms with Crippen LogP contribution in [0, 0.1) is 6.92 Å². The summed E-state index contributed by atoms with van der Waals surface area (Å²) in [6, 6.07) is 20.4. The minimum Gasteiger partial charge on any atom is -0.448 e. The van der Waals surface area contributed by atoms with Crippen molar-refractivity contribution in [2.75, 3.05) is 37.7 Å². The van der Waals surface area contributed by atoms with Crippen LogP contribution in [0.15, 0.2) is 60.7 Å². The molecule has 232 valence electrons. The normalized spacial score (nSPS) is 19.2. The lowest BCUT2D eigenvalue weighted by molar-refractivity contribution is 0.00578. The van der Waals surface area contributed by atoms with Crippen LogP contribution < -0.4 is 10.4 Å². The van der Waals surface area contributed by atoms with E-state index in [2.05, 4.69) is 29.2 Å². The molecule has 0 aromatic heterocycles. The second-order valence-electron chi connectivity index (χ2n) is 12.9. The van der Waals surface area contributed by atoms with Gasteiger partial charge in [0.25, 0.3) is 0 Å². The summed E-state index contributed by atoms with van der Waals surface area (Å²) in [5, 5.41) is 0. The van der Waals surface area contributed by atoms with Gasteiger partial charge in [0, 0.05) is 48.5 Å². The molecule has 2 heterocycles. The fourth-order valence-corrected chi connectivity index (χ4v) is 7.40. The molecule has 3 aliphatic rings. The van der Waals surface area contributed by atoms with Gasteiger partial charge in [-0.05, 0) is 79.5 Å².